The topological polar surface area (TPSA) is 49.8 Å². The van der Waals surface area contributed by atoms with E-state index in [9.17, 15) is 0 Å². The van der Waals surface area contributed by atoms with Crippen molar-refractivity contribution in [3.63, 3.8) is 0 Å². The van der Waals surface area contributed by atoms with Crippen molar-refractivity contribution >= 4 is 0 Å². The third-order valence-electron chi connectivity index (χ3n) is 1.41. The first-order valence-corrected chi connectivity index (χ1v) is 2.96. The first-order valence-electron chi connectivity index (χ1n) is 2.96. The zero-order valence-corrected chi connectivity index (χ0v) is 6.10. The summed E-state index contributed by atoms with van der Waals surface area (Å²) in [6.07, 6.45) is 0. The van der Waals surface area contributed by atoms with Gasteiger partial charge in [0.15, 0.2) is 0 Å². The van der Waals surface area contributed by atoms with Crippen molar-refractivity contribution in [2.45, 2.75) is 20.8 Å². The van der Waals surface area contributed by atoms with Crippen LogP contribution < -0.4 is 5.73 Å². The maximum Gasteiger partial charge on any atom is 0.117 e. The van der Waals surface area contributed by atoms with Crippen LogP contribution in [0, 0.1) is 17.2 Å². The first-order chi connectivity index (χ1) is 4.09. The molecule has 0 radical (unpaired) electrons. The molecular formula is C7H12N2. The van der Waals surface area contributed by atoms with E-state index in [4.69, 9.17) is 11.0 Å². The summed E-state index contributed by atoms with van der Waals surface area (Å²) >= 11 is 0. The second-order valence-corrected chi connectivity index (χ2v) is 2.36. The van der Waals surface area contributed by atoms with E-state index < -0.39 is 0 Å². The van der Waals surface area contributed by atoms with Crippen molar-refractivity contribution in [3.05, 3.63) is 11.3 Å². The zero-order chi connectivity index (χ0) is 7.44. The quantitative estimate of drug-likeness (QED) is 0.537. The number of nitrogens with two attached hydrogens (primary N) is 1. The van der Waals surface area contributed by atoms with Crippen molar-refractivity contribution < 1.29 is 0 Å². The Labute approximate surface area is 56.0 Å². The number of hydrogen-bond donors (Lipinski definition) is 1. The molecule has 0 saturated carbocycles. The molecule has 50 valence electrons. The lowest BCUT2D eigenvalue weighted by atomic mass is 10.0. The van der Waals surface area contributed by atoms with Gasteiger partial charge in [-0.25, -0.2) is 0 Å². The minimum atomic E-state index is 0.352. The molecule has 0 aromatic rings. The molecule has 0 aromatic heterocycles. The fourth-order valence-corrected chi connectivity index (χ4v) is 0.399. The highest BCUT2D eigenvalue weighted by Gasteiger charge is 1.99. The third-order valence-corrected chi connectivity index (χ3v) is 1.41. The van der Waals surface area contributed by atoms with Gasteiger partial charge < -0.3 is 5.73 Å². The summed E-state index contributed by atoms with van der Waals surface area (Å²) in [5.41, 5.74) is 6.66. The SMILES string of the molecule is C/C(=C(\N)C#N)C(C)C. The zero-order valence-electron chi connectivity index (χ0n) is 6.10. The van der Waals surface area contributed by atoms with E-state index in [2.05, 4.69) is 0 Å². The summed E-state index contributed by atoms with van der Waals surface area (Å²) in [5, 5.41) is 8.32. The number of nitrogens with zero attached hydrogens (tertiary/aromatic N) is 1. The van der Waals surface area contributed by atoms with Gasteiger partial charge >= 0.3 is 0 Å². The molecule has 0 aliphatic rings. The lowest BCUT2D eigenvalue weighted by Crippen LogP contribution is -2.02. The second-order valence-electron chi connectivity index (χ2n) is 2.36. The molecule has 0 spiro atoms. The molecule has 0 fully saturated rings. The average Bonchev–Trinajstić information content (AvgIpc) is 1.84. The summed E-state index contributed by atoms with van der Waals surface area (Å²) in [5.74, 6) is 0.379. The number of hydrogen-bond acceptors (Lipinski definition) is 2. The Balaban J connectivity index is 4.34. The second kappa shape index (κ2) is 3.13. The summed E-state index contributed by atoms with van der Waals surface area (Å²) < 4.78 is 0. The molecule has 0 amide bonds. The largest absolute Gasteiger partial charge is 0.390 e. The highest BCUT2D eigenvalue weighted by molar-refractivity contribution is 5.23. The van der Waals surface area contributed by atoms with Gasteiger partial charge in [0.05, 0.1) is 0 Å². The third kappa shape index (κ3) is 2.18. The van der Waals surface area contributed by atoms with Crippen molar-refractivity contribution in [3.8, 4) is 6.07 Å². The van der Waals surface area contributed by atoms with Crippen LogP contribution in [0.3, 0.4) is 0 Å². The van der Waals surface area contributed by atoms with Crippen molar-refractivity contribution in [2.75, 3.05) is 0 Å². The van der Waals surface area contributed by atoms with Gasteiger partial charge in [-0.3, -0.25) is 0 Å². The molecule has 0 aromatic carbocycles. The molecule has 0 heterocycles. The molecule has 0 saturated heterocycles. The van der Waals surface area contributed by atoms with E-state index in [0.29, 0.717) is 11.6 Å². The van der Waals surface area contributed by atoms with E-state index >= 15 is 0 Å². The van der Waals surface area contributed by atoms with Crippen LogP contribution in [0.25, 0.3) is 0 Å². The van der Waals surface area contributed by atoms with Crippen LogP contribution in [0.4, 0.5) is 0 Å². The molecule has 0 aliphatic carbocycles. The molecule has 2 N–H and O–H groups in total. The number of allylic oxidation sites excluding steroid dienone is 2. The highest BCUT2D eigenvalue weighted by atomic mass is 14.6. The van der Waals surface area contributed by atoms with Crippen LogP contribution in [-0.2, 0) is 0 Å². The van der Waals surface area contributed by atoms with Gasteiger partial charge in [0.1, 0.15) is 11.8 Å². The fourth-order valence-electron chi connectivity index (χ4n) is 0.399. The average molecular weight is 124 g/mol. The molecule has 2 nitrogen and oxygen atoms in total. The van der Waals surface area contributed by atoms with Gasteiger partial charge in [0, 0.05) is 0 Å². The number of rotatable bonds is 1. The Bertz CT molecular complexity index is 160. The van der Waals surface area contributed by atoms with Crippen LogP contribution in [0.1, 0.15) is 20.8 Å². The van der Waals surface area contributed by atoms with Crippen LogP contribution in [-0.4, -0.2) is 0 Å². The van der Waals surface area contributed by atoms with E-state index in [-0.39, 0.29) is 0 Å². The van der Waals surface area contributed by atoms with Gasteiger partial charge in [-0.2, -0.15) is 5.26 Å². The monoisotopic (exact) mass is 124 g/mol. The van der Waals surface area contributed by atoms with E-state index in [1.165, 1.54) is 0 Å². The van der Waals surface area contributed by atoms with E-state index in [1.54, 1.807) is 0 Å². The number of nitriles is 1. The van der Waals surface area contributed by atoms with Crippen LogP contribution in [0.5, 0.6) is 0 Å². The van der Waals surface area contributed by atoms with Crippen molar-refractivity contribution in [1.29, 1.82) is 5.26 Å². The lowest BCUT2D eigenvalue weighted by molar-refractivity contribution is 0.759. The van der Waals surface area contributed by atoms with Gasteiger partial charge in [-0.1, -0.05) is 13.8 Å². The predicted molar refractivity (Wildman–Crippen MR) is 37.3 cm³/mol. The summed E-state index contributed by atoms with van der Waals surface area (Å²) in [6.45, 7) is 5.91. The molecule has 0 rings (SSSR count). The van der Waals surface area contributed by atoms with Gasteiger partial charge in [-0.05, 0) is 18.4 Å². The van der Waals surface area contributed by atoms with Crippen LogP contribution in [0.2, 0.25) is 0 Å². The Morgan fingerprint density at radius 2 is 2.00 bits per heavy atom. The van der Waals surface area contributed by atoms with E-state index in [1.807, 2.05) is 26.8 Å². The molecular weight excluding hydrogens is 112 g/mol. The predicted octanol–water partition coefficient (Wildman–Crippen LogP) is 1.40. The van der Waals surface area contributed by atoms with Gasteiger partial charge in [0.25, 0.3) is 0 Å². The molecule has 0 unspecified atom stereocenters. The summed E-state index contributed by atoms with van der Waals surface area (Å²) in [4.78, 5) is 0. The lowest BCUT2D eigenvalue weighted by Gasteiger charge is -2.03. The van der Waals surface area contributed by atoms with E-state index in [0.717, 1.165) is 5.57 Å². The maximum atomic E-state index is 8.32. The first kappa shape index (κ1) is 8.03. The van der Waals surface area contributed by atoms with Crippen molar-refractivity contribution in [1.82, 2.24) is 0 Å². The Hall–Kier alpha value is -0.970. The van der Waals surface area contributed by atoms with Crippen LogP contribution >= 0.6 is 0 Å². The van der Waals surface area contributed by atoms with Crippen LogP contribution in [0.15, 0.2) is 11.3 Å². The summed E-state index contributed by atoms with van der Waals surface area (Å²) in [7, 11) is 0. The molecule has 0 aliphatic heterocycles. The molecule has 9 heavy (non-hydrogen) atoms. The maximum absolute atomic E-state index is 8.32. The standard InChI is InChI=1S/C7H12N2/c1-5(2)6(3)7(9)4-8/h5H,9H2,1-3H3/b7-6+. The molecule has 0 bridgehead atoms. The van der Waals surface area contributed by atoms with Crippen molar-refractivity contribution in [2.24, 2.45) is 11.7 Å². The van der Waals surface area contributed by atoms with Gasteiger partial charge in [-0.15, -0.1) is 0 Å². The Kier molecular flexibility index (Phi) is 2.80. The molecule has 2 heteroatoms. The fraction of sp³-hybridized carbons (Fsp3) is 0.571. The van der Waals surface area contributed by atoms with Gasteiger partial charge in [0.2, 0.25) is 0 Å². The Morgan fingerprint density at radius 1 is 1.56 bits per heavy atom. The highest BCUT2D eigenvalue weighted by Crippen LogP contribution is 2.09. The summed E-state index contributed by atoms with van der Waals surface area (Å²) in [6, 6.07) is 1.90. The minimum absolute atomic E-state index is 0.352. The Morgan fingerprint density at radius 3 is 2.11 bits per heavy atom. The minimum Gasteiger partial charge on any atom is -0.390 e. The smallest absolute Gasteiger partial charge is 0.117 e. The molecule has 0 atom stereocenters. The normalized spacial score (nSPS) is 12.8.